The Labute approximate surface area is 237 Å². The second kappa shape index (κ2) is 11.9. The van der Waals surface area contributed by atoms with Gasteiger partial charge in [-0.05, 0) is 49.6 Å². The third-order valence-electron chi connectivity index (χ3n) is 7.42. The van der Waals surface area contributed by atoms with Crippen LogP contribution in [0.3, 0.4) is 0 Å². The number of fused-ring (bicyclic) bond motifs is 2. The highest BCUT2D eigenvalue weighted by Crippen LogP contribution is 2.40. The van der Waals surface area contributed by atoms with Gasteiger partial charge in [0.1, 0.15) is 12.0 Å². The smallest absolute Gasteiger partial charge is 0.373 e. The number of aliphatic hydroxyl groups excluding tert-OH is 1. The van der Waals surface area contributed by atoms with Crippen molar-refractivity contribution in [3.63, 3.8) is 0 Å². The molecule has 0 bridgehead atoms. The fraction of sp³-hybridized carbons (Fsp3) is 0.367. The number of hydrogen-bond acceptors (Lipinski definition) is 9. The van der Waals surface area contributed by atoms with Crippen molar-refractivity contribution < 1.29 is 38.1 Å². The molecule has 3 aromatic rings. The molecule has 0 radical (unpaired) electrons. The van der Waals surface area contributed by atoms with Crippen LogP contribution in [0.5, 0.6) is 11.5 Å². The lowest BCUT2D eigenvalue weighted by atomic mass is 10.1. The summed E-state index contributed by atoms with van der Waals surface area (Å²) in [5, 5.41) is 13.8. The number of furan rings is 1. The Morgan fingerprint density at radius 1 is 1.12 bits per heavy atom. The standard InChI is InChI=1S/C30H33N3O8/c1-32-22-17-26(25(38-2)16-20(22)28(35)33-13-5-9-21(33)29(32)36)40-14-6-10-27(34)31-19-8-4-7-18(15-19)23-11-12-24(41-23)30(37)39-3/h4,7-8,11-12,15-17,21,29,36H,5-6,9-10,13-14H2,1-3H3,(H,31,34)/t21-,29?/m0/s1. The predicted octanol–water partition coefficient (Wildman–Crippen LogP) is 3.91. The Hall–Kier alpha value is -4.51. The molecule has 1 unspecified atom stereocenters. The normalized spacial score (nSPS) is 17.9. The number of benzene rings is 2. The average Bonchev–Trinajstić information content (AvgIpc) is 3.67. The van der Waals surface area contributed by atoms with E-state index in [2.05, 4.69) is 10.1 Å². The van der Waals surface area contributed by atoms with Gasteiger partial charge in [-0.25, -0.2) is 4.79 Å². The maximum Gasteiger partial charge on any atom is 0.373 e. The zero-order valence-corrected chi connectivity index (χ0v) is 23.2. The van der Waals surface area contributed by atoms with E-state index in [0.29, 0.717) is 52.7 Å². The monoisotopic (exact) mass is 563 g/mol. The number of esters is 1. The van der Waals surface area contributed by atoms with Gasteiger partial charge in [-0.2, -0.15) is 0 Å². The zero-order valence-electron chi connectivity index (χ0n) is 23.2. The fourth-order valence-electron chi connectivity index (χ4n) is 5.29. The molecule has 11 heteroatoms. The molecule has 1 aromatic heterocycles. The number of likely N-dealkylation sites (N-methyl/N-ethyl adjacent to an activating group) is 1. The Morgan fingerprint density at radius 3 is 2.73 bits per heavy atom. The molecule has 2 N–H and O–H groups in total. The number of amides is 2. The topological polar surface area (TPSA) is 131 Å². The molecule has 216 valence electrons. The Balaban J connectivity index is 1.19. The number of ether oxygens (including phenoxy) is 3. The van der Waals surface area contributed by atoms with Gasteiger partial charge in [0.05, 0.1) is 38.1 Å². The van der Waals surface area contributed by atoms with Crippen molar-refractivity contribution in [3.8, 4) is 22.8 Å². The molecule has 1 saturated heterocycles. The molecule has 11 nitrogen and oxygen atoms in total. The minimum absolute atomic E-state index is 0.0952. The third kappa shape index (κ3) is 5.71. The lowest BCUT2D eigenvalue weighted by molar-refractivity contribution is -0.116. The van der Waals surface area contributed by atoms with Crippen molar-refractivity contribution in [2.45, 2.75) is 38.0 Å². The molecule has 2 aromatic carbocycles. The Kier molecular flexibility index (Phi) is 8.16. The first-order chi connectivity index (χ1) is 19.8. The molecular weight excluding hydrogens is 530 g/mol. The summed E-state index contributed by atoms with van der Waals surface area (Å²) in [6.45, 7) is 0.847. The molecule has 2 aliphatic rings. The summed E-state index contributed by atoms with van der Waals surface area (Å²) in [6, 6.07) is 13.4. The Bertz CT molecular complexity index is 1450. The summed E-state index contributed by atoms with van der Waals surface area (Å²) < 4.78 is 21.7. The van der Waals surface area contributed by atoms with Gasteiger partial charge < -0.3 is 38.9 Å². The van der Waals surface area contributed by atoms with Crippen LogP contribution in [0.4, 0.5) is 11.4 Å². The molecule has 3 heterocycles. The van der Waals surface area contributed by atoms with Gasteiger partial charge in [0.15, 0.2) is 11.5 Å². The summed E-state index contributed by atoms with van der Waals surface area (Å²) in [6.07, 6.45) is 1.42. The van der Waals surface area contributed by atoms with Crippen LogP contribution >= 0.6 is 0 Å². The average molecular weight is 564 g/mol. The van der Waals surface area contributed by atoms with E-state index in [9.17, 15) is 19.5 Å². The van der Waals surface area contributed by atoms with Gasteiger partial charge >= 0.3 is 5.97 Å². The molecule has 0 saturated carbocycles. The maximum absolute atomic E-state index is 13.2. The van der Waals surface area contributed by atoms with Crippen molar-refractivity contribution >= 4 is 29.2 Å². The van der Waals surface area contributed by atoms with Crippen molar-refractivity contribution in [1.82, 2.24) is 4.90 Å². The van der Waals surface area contributed by atoms with E-state index in [0.717, 1.165) is 12.8 Å². The predicted molar refractivity (Wildman–Crippen MR) is 150 cm³/mol. The lowest BCUT2D eigenvalue weighted by Crippen LogP contribution is -2.47. The number of carbonyl (C=O) groups is 3. The first-order valence-corrected chi connectivity index (χ1v) is 13.5. The number of methoxy groups -OCH3 is 2. The van der Waals surface area contributed by atoms with Crippen LogP contribution in [0.1, 0.15) is 46.6 Å². The minimum Gasteiger partial charge on any atom is -0.493 e. The van der Waals surface area contributed by atoms with E-state index >= 15 is 0 Å². The first-order valence-electron chi connectivity index (χ1n) is 13.5. The van der Waals surface area contributed by atoms with E-state index in [1.54, 1.807) is 53.2 Å². The largest absolute Gasteiger partial charge is 0.493 e. The summed E-state index contributed by atoms with van der Waals surface area (Å²) in [7, 11) is 4.55. The van der Waals surface area contributed by atoms with Gasteiger partial charge in [-0.1, -0.05) is 12.1 Å². The van der Waals surface area contributed by atoms with Crippen molar-refractivity contribution in [3.05, 3.63) is 59.9 Å². The number of nitrogens with zero attached hydrogens (tertiary/aromatic N) is 2. The van der Waals surface area contributed by atoms with Gasteiger partial charge in [0.25, 0.3) is 5.91 Å². The van der Waals surface area contributed by atoms with Crippen LogP contribution in [0, 0.1) is 0 Å². The SMILES string of the molecule is COC(=O)c1ccc(-c2cccc(NC(=O)CCCOc3cc4c(cc3OC)C(=O)N3CCC[C@H]3C(O)N4C)c2)o1. The van der Waals surface area contributed by atoms with Crippen LogP contribution in [-0.4, -0.2) is 74.5 Å². The molecule has 41 heavy (non-hydrogen) atoms. The van der Waals surface area contributed by atoms with Crippen LogP contribution in [0.2, 0.25) is 0 Å². The maximum atomic E-state index is 13.2. The second-order valence-corrected chi connectivity index (χ2v) is 9.99. The van der Waals surface area contributed by atoms with Crippen LogP contribution in [0.25, 0.3) is 11.3 Å². The van der Waals surface area contributed by atoms with Crippen molar-refractivity contribution in [1.29, 1.82) is 0 Å². The third-order valence-corrected chi connectivity index (χ3v) is 7.42. The molecule has 2 aliphatic heterocycles. The summed E-state index contributed by atoms with van der Waals surface area (Å²) in [5.74, 6) is 0.522. The number of hydrogen-bond donors (Lipinski definition) is 2. The number of rotatable bonds is 9. The van der Waals surface area contributed by atoms with Gasteiger partial charge in [-0.3, -0.25) is 9.59 Å². The first kappa shape index (κ1) is 28.0. The molecule has 0 spiro atoms. The van der Waals surface area contributed by atoms with Gasteiger partial charge in [0.2, 0.25) is 11.7 Å². The molecule has 1 fully saturated rings. The number of anilines is 2. The molecular formula is C30H33N3O8. The summed E-state index contributed by atoms with van der Waals surface area (Å²) >= 11 is 0. The highest BCUT2D eigenvalue weighted by molar-refractivity contribution is 6.02. The van der Waals surface area contributed by atoms with Crippen LogP contribution < -0.4 is 19.7 Å². The molecule has 2 atom stereocenters. The zero-order chi connectivity index (χ0) is 29.1. The second-order valence-electron chi connectivity index (χ2n) is 9.99. The molecule has 5 rings (SSSR count). The summed E-state index contributed by atoms with van der Waals surface area (Å²) in [4.78, 5) is 41.0. The van der Waals surface area contributed by atoms with Gasteiger partial charge in [-0.15, -0.1) is 0 Å². The van der Waals surface area contributed by atoms with Crippen molar-refractivity contribution in [2.24, 2.45) is 0 Å². The van der Waals surface area contributed by atoms with Crippen molar-refractivity contribution in [2.75, 3.05) is 44.6 Å². The van der Waals surface area contributed by atoms with Crippen LogP contribution in [-0.2, 0) is 9.53 Å². The van der Waals surface area contributed by atoms with Crippen LogP contribution in [0.15, 0.2) is 52.9 Å². The molecule has 0 aliphatic carbocycles. The fourth-order valence-corrected chi connectivity index (χ4v) is 5.29. The highest BCUT2D eigenvalue weighted by Gasteiger charge is 2.41. The quantitative estimate of drug-likeness (QED) is 0.294. The van der Waals surface area contributed by atoms with E-state index in [1.807, 2.05) is 6.07 Å². The molecule has 2 amide bonds. The lowest BCUT2D eigenvalue weighted by Gasteiger charge is -2.31. The number of carbonyl (C=O) groups excluding carboxylic acids is 3. The van der Waals surface area contributed by atoms with E-state index in [1.165, 1.54) is 20.3 Å². The highest BCUT2D eigenvalue weighted by atomic mass is 16.5. The van der Waals surface area contributed by atoms with E-state index < -0.39 is 12.2 Å². The number of aliphatic hydroxyl groups is 1. The Morgan fingerprint density at radius 2 is 1.95 bits per heavy atom. The minimum atomic E-state index is -0.825. The van der Waals surface area contributed by atoms with E-state index in [4.69, 9.17) is 13.9 Å². The van der Waals surface area contributed by atoms with E-state index in [-0.39, 0.29) is 36.6 Å². The number of nitrogens with one attached hydrogen (secondary N) is 1. The van der Waals surface area contributed by atoms with Gasteiger partial charge in [0, 0.05) is 37.3 Å². The summed E-state index contributed by atoms with van der Waals surface area (Å²) in [5.41, 5.74) is 2.31.